The average Bonchev–Trinajstić information content (AvgIpc) is 2.93. The Hall–Kier alpha value is -3.63. The van der Waals surface area contributed by atoms with Gasteiger partial charge < -0.3 is 24.0 Å². The third kappa shape index (κ3) is 7.02. The number of hydrogen-bond acceptors (Lipinski definition) is 7. The van der Waals surface area contributed by atoms with Crippen LogP contribution in [0.15, 0.2) is 36.5 Å². The summed E-state index contributed by atoms with van der Waals surface area (Å²) < 4.78 is 16.6. The number of rotatable bonds is 11. The fourth-order valence-corrected chi connectivity index (χ4v) is 4.58. The number of urea groups is 1. The predicted molar refractivity (Wildman–Crippen MR) is 145 cm³/mol. The summed E-state index contributed by atoms with van der Waals surface area (Å²) in [7, 11) is 3.35. The van der Waals surface area contributed by atoms with Crippen molar-refractivity contribution >= 4 is 23.8 Å². The van der Waals surface area contributed by atoms with Crippen LogP contribution in [-0.4, -0.2) is 91.8 Å². The molecule has 38 heavy (non-hydrogen) atoms. The minimum atomic E-state index is -0.147. The Kier molecular flexibility index (Phi) is 9.56. The van der Waals surface area contributed by atoms with E-state index in [1.54, 1.807) is 36.2 Å². The summed E-state index contributed by atoms with van der Waals surface area (Å²) >= 11 is 0. The summed E-state index contributed by atoms with van der Waals surface area (Å²) in [6, 6.07) is 7.49. The zero-order chi connectivity index (χ0) is 26.9. The Bertz CT molecular complexity index is 1150. The fourth-order valence-electron chi connectivity index (χ4n) is 4.58. The molecule has 1 aromatic carbocycles. The maximum absolute atomic E-state index is 12.8. The van der Waals surface area contributed by atoms with Crippen molar-refractivity contribution in [1.82, 2.24) is 19.7 Å². The second-order valence-electron chi connectivity index (χ2n) is 9.34. The second-order valence-corrected chi connectivity index (χ2v) is 9.34. The van der Waals surface area contributed by atoms with Gasteiger partial charge in [-0.3, -0.25) is 15.0 Å². The highest BCUT2D eigenvalue weighted by Gasteiger charge is 2.23. The van der Waals surface area contributed by atoms with Crippen LogP contribution in [0.2, 0.25) is 0 Å². The van der Waals surface area contributed by atoms with Crippen LogP contribution in [0.4, 0.5) is 10.6 Å². The van der Waals surface area contributed by atoms with Gasteiger partial charge in [0.05, 0.1) is 33.5 Å². The Balaban J connectivity index is 1.35. The summed E-state index contributed by atoms with van der Waals surface area (Å²) in [5, 5.41) is 2.88. The average molecular weight is 524 g/mol. The summed E-state index contributed by atoms with van der Waals surface area (Å²) in [6.07, 6.45) is 5.84. The van der Waals surface area contributed by atoms with Gasteiger partial charge in [-0.2, -0.15) is 0 Å². The quantitative estimate of drug-likeness (QED) is 0.452. The van der Waals surface area contributed by atoms with E-state index in [1.807, 2.05) is 31.2 Å². The number of morpholine rings is 1. The van der Waals surface area contributed by atoms with Crippen molar-refractivity contribution in [3.8, 4) is 11.5 Å². The zero-order valence-electron chi connectivity index (χ0n) is 22.4. The van der Waals surface area contributed by atoms with E-state index in [1.165, 1.54) is 6.08 Å². The first-order valence-corrected chi connectivity index (χ1v) is 13.0. The van der Waals surface area contributed by atoms with Gasteiger partial charge in [0.2, 0.25) is 5.91 Å². The van der Waals surface area contributed by atoms with E-state index in [4.69, 9.17) is 14.2 Å². The summed E-state index contributed by atoms with van der Waals surface area (Å²) in [4.78, 5) is 35.6. The van der Waals surface area contributed by atoms with Crippen molar-refractivity contribution in [3.05, 3.63) is 53.2 Å². The number of hydrogen-bond donors (Lipinski definition) is 1. The Morgan fingerprint density at radius 1 is 1.26 bits per heavy atom. The van der Waals surface area contributed by atoms with Crippen LogP contribution >= 0.6 is 0 Å². The third-order valence-electron chi connectivity index (χ3n) is 6.64. The van der Waals surface area contributed by atoms with Crippen molar-refractivity contribution in [2.24, 2.45) is 0 Å². The smallest absolute Gasteiger partial charge is 0.323 e. The molecule has 1 saturated heterocycles. The normalized spacial score (nSPS) is 15.8. The van der Waals surface area contributed by atoms with Crippen molar-refractivity contribution in [1.29, 1.82) is 0 Å². The molecule has 0 spiro atoms. The van der Waals surface area contributed by atoms with Crippen molar-refractivity contribution in [3.63, 3.8) is 0 Å². The standard InChI is InChI=1S/C28H37N5O5/c1-4-38-26-22(7-5-8-24(26)36-3)19-31(2)25(34)10-9-21-17-23-20-33(28(35)30-27(23)29-18-21)12-6-11-32-13-15-37-16-14-32/h5,7-10,17-18H,4,6,11-16,19-20H2,1-3H3,(H,29,30,35). The second kappa shape index (κ2) is 13.3. The van der Waals surface area contributed by atoms with Crippen LogP contribution in [0.3, 0.4) is 0 Å². The van der Waals surface area contributed by atoms with E-state index in [-0.39, 0.29) is 11.9 Å². The number of carbonyl (C=O) groups excluding carboxylic acids is 2. The predicted octanol–water partition coefficient (Wildman–Crippen LogP) is 3.23. The molecular formula is C28H37N5O5. The van der Waals surface area contributed by atoms with Gasteiger partial charge in [-0.1, -0.05) is 12.1 Å². The first-order valence-electron chi connectivity index (χ1n) is 13.0. The number of aromatic nitrogens is 1. The molecule has 1 N–H and O–H groups in total. The van der Waals surface area contributed by atoms with Crippen LogP contribution in [0.5, 0.6) is 11.5 Å². The first-order chi connectivity index (χ1) is 18.5. The van der Waals surface area contributed by atoms with Gasteiger partial charge >= 0.3 is 6.03 Å². The molecule has 0 unspecified atom stereocenters. The van der Waals surface area contributed by atoms with E-state index in [0.717, 1.165) is 56.0 Å². The number of ether oxygens (including phenoxy) is 3. The van der Waals surface area contributed by atoms with Gasteiger partial charge in [0.25, 0.3) is 0 Å². The molecule has 2 aliphatic heterocycles. The molecule has 0 bridgehead atoms. The number of benzene rings is 1. The molecule has 1 fully saturated rings. The minimum Gasteiger partial charge on any atom is -0.493 e. The SMILES string of the molecule is CCOc1c(CN(C)C(=O)C=Cc2cnc3c(c2)CN(CCCN2CCOCC2)C(=O)N3)cccc1OC. The van der Waals surface area contributed by atoms with Crippen molar-refractivity contribution in [2.75, 3.05) is 65.5 Å². The largest absolute Gasteiger partial charge is 0.493 e. The molecule has 2 aliphatic rings. The molecule has 10 heteroatoms. The highest BCUT2D eigenvalue weighted by atomic mass is 16.5. The van der Waals surface area contributed by atoms with Crippen LogP contribution in [0, 0.1) is 0 Å². The van der Waals surface area contributed by atoms with Gasteiger partial charge in [0, 0.05) is 63.2 Å². The van der Waals surface area contributed by atoms with E-state index in [2.05, 4.69) is 15.2 Å². The third-order valence-corrected chi connectivity index (χ3v) is 6.64. The van der Waals surface area contributed by atoms with Crippen LogP contribution in [0.1, 0.15) is 30.0 Å². The number of likely N-dealkylation sites (N-methyl/N-ethyl adjacent to an activating group) is 1. The summed E-state index contributed by atoms with van der Waals surface area (Å²) in [5.74, 6) is 1.72. The van der Waals surface area contributed by atoms with Gasteiger partial charge in [0.1, 0.15) is 5.82 Å². The van der Waals surface area contributed by atoms with Crippen molar-refractivity contribution in [2.45, 2.75) is 26.4 Å². The highest BCUT2D eigenvalue weighted by molar-refractivity contribution is 5.93. The van der Waals surface area contributed by atoms with Crippen LogP contribution in [0.25, 0.3) is 6.08 Å². The first kappa shape index (κ1) is 27.4. The minimum absolute atomic E-state index is 0.129. The Labute approximate surface area is 224 Å². The maximum Gasteiger partial charge on any atom is 0.323 e. The Morgan fingerprint density at radius 3 is 2.84 bits per heavy atom. The number of para-hydroxylation sites is 1. The van der Waals surface area contributed by atoms with E-state index < -0.39 is 0 Å². The summed E-state index contributed by atoms with van der Waals surface area (Å²) in [5.41, 5.74) is 2.60. The lowest BCUT2D eigenvalue weighted by Crippen LogP contribution is -2.42. The molecule has 0 radical (unpaired) electrons. The number of fused-ring (bicyclic) bond motifs is 1. The summed E-state index contributed by atoms with van der Waals surface area (Å²) in [6.45, 7) is 8.31. The number of nitrogens with one attached hydrogen (secondary N) is 1. The van der Waals surface area contributed by atoms with Gasteiger partial charge in [-0.25, -0.2) is 9.78 Å². The number of pyridine rings is 1. The molecule has 4 rings (SSSR count). The lowest BCUT2D eigenvalue weighted by atomic mass is 10.1. The number of amides is 3. The fraction of sp³-hybridized carbons (Fsp3) is 0.464. The molecule has 0 saturated carbocycles. The van der Waals surface area contributed by atoms with E-state index in [0.29, 0.717) is 43.6 Å². The van der Waals surface area contributed by atoms with E-state index in [9.17, 15) is 9.59 Å². The molecule has 3 heterocycles. The maximum atomic E-state index is 12.8. The van der Waals surface area contributed by atoms with Crippen LogP contribution < -0.4 is 14.8 Å². The molecule has 204 valence electrons. The molecule has 3 amide bonds. The number of carbonyl (C=O) groups is 2. The molecule has 0 aliphatic carbocycles. The van der Waals surface area contributed by atoms with E-state index >= 15 is 0 Å². The Morgan fingerprint density at radius 2 is 2.08 bits per heavy atom. The zero-order valence-corrected chi connectivity index (χ0v) is 22.4. The van der Waals surface area contributed by atoms with Crippen molar-refractivity contribution < 1.29 is 23.8 Å². The number of nitrogens with zero attached hydrogens (tertiary/aromatic N) is 4. The molecule has 0 atom stereocenters. The van der Waals surface area contributed by atoms with Gasteiger partial charge in [0.15, 0.2) is 11.5 Å². The lowest BCUT2D eigenvalue weighted by molar-refractivity contribution is -0.125. The highest BCUT2D eigenvalue weighted by Crippen LogP contribution is 2.32. The molecule has 1 aromatic heterocycles. The van der Waals surface area contributed by atoms with Crippen LogP contribution in [-0.2, 0) is 22.6 Å². The molecule has 2 aromatic rings. The topological polar surface area (TPSA) is 96.5 Å². The lowest BCUT2D eigenvalue weighted by Gasteiger charge is -2.31. The molecular weight excluding hydrogens is 486 g/mol. The van der Waals surface area contributed by atoms with Gasteiger partial charge in [-0.05, 0) is 37.1 Å². The molecule has 10 nitrogen and oxygen atoms in total. The van der Waals surface area contributed by atoms with Gasteiger partial charge in [-0.15, -0.1) is 0 Å². The monoisotopic (exact) mass is 523 g/mol. The number of methoxy groups -OCH3 is 1. The number of anilines is 1.